The average molecular weight is 238 g/mol. The van der Waals surface area contributed by atoms with Crippen molar-refractivity contribution in [3.8, 4) is 0 Å². The molecule has 0 radical (unpaired) electrons. The summed E-state index contributed by atoms with van der Waals surface area (Å²) in [5.74, 6) is -0.348. The molecule has 1 rings (SSSR count). The minimum atomic E-state index is -0.614. The van der Waals surface area contributed by atoms with E-state index < -0.39 is 5.41 Å². The molecule has 1 aromatic rings. The highest BCUT2D eigenvalue weighted by atomic mass is 19.1. The zero-order chi connectivity index (χ0) is 13.2. The van der Waals surface area contributed by atoms with Gasteiger partial charge < -0.3 is 10.6 Å². The van der Waals surface area contributed by atoms with Gasteiger partial charge in [-0.25, -0.2) is 4.39 Å². The highest BCUT2D eigenvalue weighted by molar-refractivity contribution is 5.96. The van der Waals surface area contributed by atoms with E-state index in [2.05, 4.69) is 0 Å². The van der Waals surface area contributed by atoms with Crippen molar-refractivity contribution in [3.63, 3.8) is 0 Å². The molecule has 0 heterocycles. The molecular weight excluding hydrogens is 219 g/mol. The van der Waals surface area contributed by atoms with Crippen molar-refractivity contribution in [1.29, 1.82) is 0 Å². The summed E-state index contributed by atoms with van der Waals surface area (Å²) in [6.45, 7) is 5.53. The highest BCUT2D eigenvalue weighted by Gasteiger charge is 2.29. The first-order valence-electron chi connectivity index (χ1n) is 5.54. The summed E-state index contributed by atoms with van der Waals surface area (Å²) < 4.78 is 13.1. The number of halogens is 1. The van der Waals surface area contributed by atoms with Gasteiger partial charge in [-0.15, -0.1) is 0 Å². The molecule has 0 bridgehead atoms. The molecule has 0 saturated carbocycles. The normalized spacial score (nSPS) is 11.4. The third kappa shape index (κ3) is 2.82. The van der Waals surface area contributed by atoms with Gasteiger partial charge in [-0.1, -0.05) is 0 Å². The molecule has 1 amide bonds. The van der Waals surface area contributed by atoms with E-state index in [4.69, 9.17) is 5.73 Å². The number of aryl methyl sites for hydroxylation is 1. The fourth-order valence-corrected chi connectivity index (χ4v) is 1.50. The van der Waals surface area contributed by atoms with E-state index in [1.807, 2.05) is 0 Å². The third-order valence-electron chi connectivity index (χ3n) is 2.92. The molecular formula is C13H19FN2O. The molecule has 0 aliphatic rings. The van der Waals surface area contributed by atoms with Gasteiger partial charge in [-0.2, -0.15) is 0 Å². The van der Waals surface area contributed by atoms with Gasteiger partial charge in [0.15, 0.2) is 0 Å². The lowest BCUT2D eigenvalue weighted by molar-refractivity contribution is -0.125. The fraction of sp³-hybridized carbons (Fsp3) is 0.462. The molecule has 0 saturated heterocycles. The predicted molar refractivity (Wildman–Crippen MR) is 67.4 cm³/mol. The lowest BCUT2D eigenvalue weighted by atomic mass is 9.92. The molecule has 0 aromatic heterocycles. The molecule has 0 spiro atoms. The number of nitrogens with two attached hydrogens (primary N) is 1. The molecule has 4 heteroatoms. The van der Waals surface area contributed by atoms with E-state index in [0.717, 1.165) is 0 Å². The maximum absolute atomic E-state index is 13.1. The standard InChI is InChI=1S/C13H19FN2O/c1-9-7-10(5-6-11(9)14)16(4)12(17)13(2,3)8-15/h5-7H,8,15H2,1-4H3. The van der Waals surface area contributed by atoms with Gasteiger partial charge in [0.2, 0.25) is 5.91 Å². The van der Waals surface area contributed by atoms with Crippen LogP contribution in [0.2, 0.25) is 0 Å². The van der Waals surface area contributed by atoms with Crippen molar-refractivity contribution >= 4 is 11.6 Å². The zero-order valence-corrected chi connectivity index (χ0v) is 10.7. The van der Waals surface area contributed by atoms with E-state index in [1.165, 1.54) is 11.0 Å². The average Bonchev–Trinajstić information content (AvgIpc) is 2.30. The molecule has 0 fully saturated rings. The van der Waals surface area contributed by atoms with Crippen molar-refractivity contribution in [3.05, 3.63) is 29.6 Å². The number of hydrogen-bond acceptors (Lipinski definition) is 2. The van der Waals surface area contributed by atoms with Crippen molar-refractivity contribution < 1.29 is 9.18 Å². The van der Waals surface area contributed by atoms with Crippen LogP contribution in [0, 0.1) is 18.2 Å². The Bertz CT molecular complexity index is 429. The summed E-state index contributed by atoms with van der Waals surface area (Å²) in [7, 11) is 1.67. The van der Waals surface area contributed by atoms with Gasteiger partial charge >= 0.3 is 0 Å². The summed E-state index contributed by atoms with van der Waals surface area (Å²) >= 11 is 0. The van der Waals surface area contributed by atoms with Crippen molar-refractivity contribution in [1.82, 2.24) is 0 Å². The van der Waals surface area contributed by atoms with Gasteiger partial charge in [-0.05, 0) is 44.5 Å². The first kappa shape index (κ1) is 13.6. The quantitative estimate of drug-likeness (QED) is 0.876. The Balaban J connectivity index is 3.00. The van der Waals surface area contributed by atoms with Crippen LogP contribution in [-0.4, -0.2) is 19.5 Å². The van der Waals surface area contributed by atoms with E-state index in [9.17, 15) is 9.18 Å². The van der Waals surface area contributed by atoms with Crippen molar-refractivity contribution in [2.75, 3.05) is 18.5 Å². The second kappa shape index (κ2) is 4.84. The Morgan fingerprint density at radius 1 is 1.47 bits per heavy atom. The number of amides is 1. The Labute approximate surface area is 101 Å². The van der Waals surface area contributed by atoms with Gasteiger partial charge in [0.25, 0.3) is 0 Å². The van der Waals surface area contributed by atoms with Gasteiger partial charge in [0.05, 0.1) is 5.41 Å². The Morgan fingerprint density at radius 2 is 2.06 bits per heavy atom. The SMILES string of the molecule is Cc1cc(N(C)C(=O)C(C)(C)CN)ccc1F. The van der Waals surface area contributed by atoms with Crippen LogP contribution in [0.15, 0.2) is 18.2 Å². The second-order valence-electron chi connectivity index (χ2n) is 4.89. The third-order valence-corrected chi connectivity index (χ3v) is 2.92. The molecule has 3 nitrogen and oxygen atoms in total. The maximum Gasteiger partial charge on any atom is 0.233 e. The Kier molecular flexibility index (Phi) is 3.88. The first-order valence-corrected chi connectivity index (χ1v) is 5.54. The molecule has 1 aromatic carbocycles. The fourth-order valence-electron chi connectivity index (χ4n) is 1.50. The first-order chi connectivity index (χ1) is 7.79. The number of benzene rings is 1. The largest absolute Gasteiger partial charge is 0.329 e. The van der Waals surface area contributed by atoms with Gasteiger partial charge in [0, 0.05) is 19.3 Å². The highest BCUT2D eigenvalue weighted by Crippen LogP contribution is 2.23. The van der Waals surface area contributed by atoms with Gasteiger partial charge in [-0.3, -0.25) is 4.79 Å². The number of rotatable bonds is 3. The van der Waals surface area contributed by atoms with E-state index in [1.54, 1.807) is 40.0 Å². The monoisotopic (exact) mass is 238 g/mol. The molecule has 17 heavy (non-hydrogen) atoms. The van der Waals surface area contributed by atoms with Crippen LogP contribution in [0.4, 0.5) is 10.1 Å². The van der Waals surface area contributed by atoms with Crippen LogP contribution in [0.5, 0.6) is 0 Å². The van der Waals surface area contributed by atoms with Gasteiger partial charge in [0.1, 0.15) is 5.82 Å². The Morgan fingerprint density at radius 3 is 2.53 bits per heavy atom. The number of anilines is 1. The predicted octanol–water partition coefficient (Wildman–Crippen LogP) is 2.08. The molecule has 0 aliphatic heterocycles. The number of carbonyl (C=O) groups is 1. The number of hydrogen-bond donors (Lipinski definition) is 1. The Hall–Kier alpha value is -1.42. The molecule has 94 valence electrons. The maximum atomic E-state index is 13.1. The minimum Gasteiger partial charge on any atom is -0.329 e. The lowest BCUT2D eigenvalue weighted by Gasteiger charge is -2.28. The van der Waals surface area contributed by atoms with Crippen LogP contribution < -0.4 is 10.6 Å². The van der Waals surface area contributed by atoms with E-state index in [0.29, 0.717) is 11.3 Å². The zero-order valence-electron chi connectivity index (χ0n) is 10.7. The van der Waals surface area contributed by atoms with E-state index >= 15 is 0 Å². The molecule has 0 unspecified atom stereocenters. The molecule has 0 atom stereocenters. The van der Waals surface area contributed by atoms with Crippen LogP contribution in [-0.2, 0) is 4.79 Å². The van der Waals surface area contributed by atoms with Crippen molar-refractivity contribution in [2.45, 2.75) is 20.8 Å². The second-order valence-corrected chi connectivity index (χ2v) is 4.89. The topological polar surface area (TPSA) is 46.3 Å². The van der Waals surface area contributed by atoms with E-state index in [-0.39, 0.29) is 18.3 Å². The minimum absolute atomic E-state index is 0.0778. The smallest absolute Gasteiger partial charge is 0.233 e. The van der Waals surface area contributed by atoms with Crippen LogP contribution >= 0.6 is 0 Å². The molecule has 2 N–H and O–H groups in total. The van der Waals surface area contributed by atoms with Crippen LogP contribution in [0.3, 0.4) is 0 Å². The number of nitrogens with zero attached hydrogens (tertiary/aromatic N) is 1. The lowest BCUT2D eigenvalue weighted by Crippen LogP contribution is -2.43. The summed E-state index contributed by atoms with van der Waals surface area (Å²) in [6.07, 6.45) is 0. The number of carbonyl (C=O) groups excluding carboxylic acids is 1. The van der Waals surface area contributed by atoms with Crippen LogP contribution in [0.1, 0.15) is 19.4 Å². The van der Waals surface area contributed by atoms with Crippen LogP contribution in [0.25, 0.3) is 0 Å². The molecule has 0 aliphatic carbocycles. The summed E-state index contributed by atoms with van der Waals surface area (Å²) in [6, 6.07) is 4.61. The summed E-state index contributed by atoms with van der Waals surface area (Å²) in [4.78, 5) is 13.7. The summed E-state index contributed by atoms with van der Waals surface area (Å²) in [5.41, 5.74) is 6.15. The van der Waals surface area contributed by atoms with Crippen molar-refractivity contribution in [2.24, 2.45) is 11.1 Å². The summed E-state index contributed by atoms with van der Waals surface area (Å²) in [5, 5.41) is 0.